The van der Waals surface area contributed by atoms with E-state index in [9.17, 15) is 0 Å². The van der Waals surface area contributed by atoms with Gasteiger partial charge in [0.2, 0.25) is 0 Å². The molecule has 0 heterocycles. The van der Waals surface area contributed by atoms with Crippen molar-refractivity contribution >= 4 is 26.7 Å². The van der Waals surface area contributed by atoms with E-state index in [-0.39, 0.29) is 24.8 Å². The Kier molecular flexibility index (Phi) is 7.11. The summed E-state index contributed by atoms with van der Waals surface area (Å²) in [4.78, 5) is 0. The van der Waals surface area contributed by atoms with Gasteiger partial charge < -0.3 is 24.8 Å². The van der Waals surface area contributed by atoms with E-state index >= 15 is 0 Å². The second kappa shape index (κ2) is 6.90. The van der Waals surface area contributed by atoms with Gasteiger partial charge in [-0.25, -0.2) is 0 Å². The van der Waals surface area contributed by atoms with Crippen LogP contribution in [0.15, 0.2) is 40.9 Å². The number of rotatable bonds is 1. The molecular formula is C10H6BrCl2OZr. The van der Waals surface area contributed by atoms with Crippen molar-refractivity contribution in [2.45, 2.75) is 0 Å². The van der Waals surface area contributed by atoms with E-state index in [1.165, 1.54) is 10.8 Å². The third-order valence-electron chi connectivity index (χ3n) is 1.92. The summed E-state index contributed by atoms with van der Waals surface area (Å²) in [5.41, 5.74) is 0. The molecule has 0 radical (unpaired) electrons. The molecule has 1 nitrogen and oxygen atoms in total. The van der Waals surface area contributed by atoms with E-state index in [1.807, 2.05) is 24.3 Å². The Morgan fingerprint density at radius 2 is 1.80 bits per heavy atom. The van der Waals surface area contributed by atoms with Crippen LogP contribution in [0.2, 0.25) is 0 Å². The zero-order valence-corrected chi connectivity index (χ0v) is 13.1. The van der Waals surface area contributed by atoms with Gasteiger partial charge in [-0.3, -0.25) is 0 Å². The Morgan fingerprint density at radius 1 is 1.07 bits per heavy atom. The molecule has 0 unspecified atom stereocenters. The topological polar surface area (TPSA) is 9.23 Å². The summed E-state index contributed by atoms with van der Waals surface area (Å²) in [5.74, 6) is 0.928. The van der Waals surface area contributed by atoms with Gasteiger partial charge >= 0.3 is 101 Å². The Balaban J connectivity index is 0.000000980. The predicted octanol–water partition coefficient (Wildman–Crippen LogP) is -2.55. The molecule has 0 atom stereocenters. The van der Waals surface area contributed by atoms with Crippen molar-refractivity contribution in [1.82, 2.24) is 0 Å². The Labute approximate surface area is 125 Å². The molecule has 0 aliphatic carbocycles. The molecule has 0 spiro atoms. The van der Waals surface area contributed by atoms with Crippen LogP contribution in [0.5, 0.6) is 5.75 Å². The van der Waals surface area contributed by atoms with E-state index in [0.29, 0.717) is 0 Å². The Hall–Kier alpha value is 0.443. The van der Waals surface area contributed by atoms with Crippen LogP contribution in [0, 0.1) is 0 Å². The summed E-state index contributed by atoms with van der Waals surface area (Å²) in [5, 5.41) is 2.42. The Morgan fingerprint density at radius 3 is 2.47 bits per heavy atom. The van der Waals surface area contributed by atoms with E-state index in [0.717, 1.165) is 35.4 Å². The quantitative estimate of drug-likeness (QED) is 0.527. The zero-order valence-electron chi connectivity index (χ0n) is 7.51. The average Bonchev–Trinajstić information content (AvgIpc) is 2.18. The van der Waals surface area contributed by atoms with Gasteiger partial charge in [0.05, 0.1) is 0 Å². The van der Waals surface area contributed by atoms with Crippen LogP contribution in [-0.2, 0) is 25.2 Å². The van der Waals surface area contributed by atoms with Gasteiger partial charge in [-0.2, -0.15) is 0 Å². The first kappa shape index (κ1) is 15.4. The number of fused-ring (bicyclic) bond motifs is 1. The van der Waals surface area contributed by atoms with Crippen molar-refractivity contribution in [3.8, 4) is 5.75 Å². The first-order valence-corrected chi connectivity index (χ1v) is 5.63. The fourth-order valence-electron chi connectivity index (χ4n) is 1.28. The number of hydrogen-bond donors (Lipinski definition) is 0. The molecule has 0 N–H and O–H groups in total. The predicted molar refractivity (Wildman–Crippen MR) is 52.3 cm³/mol. The summed E-state index contributed by atoms with van der Waals surface area (Å²) in [6, 6.07) is 12.3. The van der Waals surface area contributed by atoms with Crippen LogP contribution >= 0.6 is 15.9 Å². The van der Waals surface area contributed by atoms with Crippen LogP contribution in [0.1, 0.15) is 0 Å². The zero-order chi connectivity index (χ0) is 9.26. The molecule has 2 aromatic rings. The minimum atomic E-state index is 0. The fraction of sp³-hybridized carbons (Fsp3) is 0. The number of halogens is 3. The van der Waals surface area contributed by atoms with Gasteiger partial charge in [-0.05, 0) is 0 Å². The summed E-state index contributed by atoms with van der Waals surface area (Å²) in [6.07, 6.45) is 0. The minimum Gasteiger partial charge on any atom is -1.00 e. The normalized spacial score (nSPS) is 9.00. The van der Waals surface area contributed by atoms with Crippen LogP contribution in [0.3, 0.4) is 0 Å². The summed E-state index contributed by atoms with van der Waals surface area (Å²) in [7, 11) is 0. The van der Waals surface area contributed by atoms with E-state index in [1.54, 1.807) is 0 Å². The number of hydrogen-bond acceptors (Lipinski definition) is 1. The first-order valence-electron chi connectivity index (χ1n) is 3.83. The summed E-state index contributed by atoms with van der Waals surface area (Å²) in [6.45, 7) is 0. The van der Waals surface area contributed by atoms with E-state index < -0.39 is 0 Å². The molecule has 2 rings (SSSR count). The standard InChI is InChI=1S/C10H7BrO.2ClH.Zr/c11-10-3-1-2-7-4-5-8(12)6-9(7)10;;;/h1-6,12H;2*1H;/q;;;+3/p-3. The van der Waals surface area contributed by atoms with Gasteiger partial charge in [0.15, 0.2) is 0 Å². The molecule has 0 aliphatic rings. The Bertz CT molecular complexity index is 450. The fourth-order valence-corrected chi connectivity index (χ4v) is 2.09. The summed E-state index contributed by atoms with van der Waals surface area (Å²) >= 11 is 4.58. The second-order valence-electron chi connectivity index (χ2n) is 2.72. The largest absolute Gasteiger partial charge is 1.00 e. The van der Waals surface area contributed by atoms with E-state index in [4.69, 9.17) is 2.81 Å². The molecule has 0 fully saturated rings. The van der Waals surface area contributed by atoms with Gasteiger partial charge in [-0.1, -0.05) is 0 Å². The molecule has 0 bridgehead atoms. The van der Waals surface area contributed by atoms with Crippen molar-refractivity contribution in [2.24, 2.45) is 0 Å². The van der Waals surface area contributed by atoms with Crippen molar-refractivity contribution < 1.29 is 52.8 Å². The molecule has 0 saturated carbocycles. The smallest absolute Gasteiger partial charge is 1.00 e. The molecule has 0 aliphatic heterocycles. The molecule has 5 heteroatoms. The maximum atomic E-state index is 5.25. The third-order valence-corrected chi connectivity index (χ3v) is 3.19. The van der Waals surface area contributed by atoms with Crippen molar-refractivity contribution in [2.75, 3.05) is 0 Å². The monoisotopic (exact) mass is 381 g/mol. The molecule has 2 aromatic carbocycles. The van der Waals surface area contributed by atoms with Crippen LogP contribution in [-0.4, -0.2) is 0 Å². The minimum absolute atomic E-state index is 0. The molecule has 0 saturated heterocycles. The van der Waals surface area contributed by atoms with Gasteiger partial charge in [0.1, 0.15) is 0 Å². The molecule has 15 heavy (non-hydrogen) atoms. The average molecular weight is 384 g/mol. The third kappa shape index (κ3) is 3.45. The van der Waals surface area contributed by atoms with Crippen LogP contribution in [0.4, 0.5) is 0 Å². The molecule has 0 amide bonds. The molecule has 77 valence electrons. The van der Waals surface area contributed by atoms with Gasteiger partial charge in [0.25, 0.3) is 0 Å². The van der Waals surface area contributed by atoms with Crippen molar-refractivity contribution in [3.63, 3.8) is 0 Å². The second-order valence-corrected chi connectivity index (χ2v) is 4.08. The van der Waals surface area contributed by atoms with Crippen LogP contribution in [0.25, 0.3) is 10.8 Å². The van der Waals surface area contributed by atoms with E-state index in [2.05, 4.69) is 28.1 Å². The van der Waals surface area contributed by atoms with Crippen LogP contribution < -0.4 is 27.6 Å². The first-order chi connectivity index (χ1) is 6.31. The maximum Gasteiger partial charge on any atom is -1.00 e. The SMILES string of the molecule is Brc1cccc2ccc([O][Zr+2])cc12.[Cl-].[Cl-]. The number of benzene rings is 2. The maximum absolute atomic E-state index is 5.25. The molecule has 0 aromatic heterocycles. The van der Waals surface area contributed by atoms with Gasteiger partial charge in [-0.15, -0.1) is 0 Å². The summed E-state index contributed by atoms with van der Waals surface area (Å²) < 4.78 is 6.36. The molecular weight excluding hydrogens is 378 g/mol. The van der Waals surface area contributed by atoms with Gasteiger partial charge in [0, 0.05) is 0 Å². The van der Waals surface area contributed by atoms with Crippen molar-refractivity contribution in [1.29, 1.82) is 0 Å². The van der Waals surface area contributed by atoms with Crippen molar-refractivity contribution in [3.05, 3.63) is 40.9 Å².